The standard InChI is InChI=1S/C23H33N3O4S/c1-2-22(27)24-20-10-6-7-15-26(18-20)31(29,30)21-13-16-25(17-14-21)23(28)12-11-19-8-4-3-5-9-19/h2-5,8-9,20-21H,1,6-7,10-18H2,(H,24,27). The van der Waals surface area contributed by atoms with Gasteiger partial charge in [-0.2, -0.15) is 4.31 Å². The molecule has 0 bridgehead atoms. The van der Waals surface area contributed by atoms with Gasteiger partial charge in [-0.25, -0.2) is 8.42 Å². The highest BCUT2D eigenvalue weighted by molar-refractivity contribution is 7.89. The van der Waals surface area contributed by atoms with Crippen LogP contribution >= 0.6 is 0 Å². The SMILES string of the molecule is C=CC(=O)NC1CCCCN(S(=O)(=O)C2CCN(C(=O)CCc3ccccc3)CC2)C1. The van der Waals surface area contributed by atoms with Crippen LogP contribution in [0.4, 0.5) is 0 Å². The molecule has 0 saturated carbocycles. The van der Waals surface area contributed by atoms with Gasteiger partial charge in [-0.15, -0.1) is 0 Å². The van der Waals surface area contributed by atoms with E-state index in [9.17, 15) is 18.0 Å². The first-order chi connectivity index (χ1) is 14.9. The van der Waals surface area contributed by atoms with Crippen LogP contribution in [0.1, 0.15) is 44.1 Å². The zero-order valence-electron chi connectivity index (χ0n) is 18.0. The summed E-state index contributed by atoms with van der Waals surface area (Å²) in [6.07, 6.45) is 5.70. The van der Waals surface area contributed by atoms with E-state index < -0.39 is 15.3 Å². The lowest BCUT2D eigenvalue weighted by Crippen LogP contribution is -2.50. The first-order valence-corrected chi connectivity index (χ1v) is 12.6. The molecule has 8 heteroatoms. The Kier molecular flexibility index (Phi) is 8.26. The Hall–Kier alpha value is -2.19. The summed E-state index contributed by atoms with van der Waals surface area (Å²) < 4.78 is 28.1. The molecular weight excluding hydrogens is 414 g/mol. The smallest absolute Gasteiger partial charge is 0.243 e. The van der Waals surface area contributed by atoms with E-state index in [1.54, 1.807) is 9.21 Å². The molecule has 2 aliphatic rings. The van der Waals surface area contributed by atoms with Gasteiger partial charge in [0, 0.05) is 38.6 Å². The number of nitrogens with zero attached hydrogens (tertiary/aromatic N) is 2. The fourth-order valence-electron chi connectivity index (χ4n) is 4.38. The quantitative estimate of drug-likeness (QED) is 0.649. The fourth-order valence-corrected chi connectivity index (χ4v) is 6.38. The summed E-state index contributed by atoms with van der Waals surface area (Å²) in [5.74, 6) is -0.187. The molecule has 31 heavy (non-hydrogen) atoms. The van der Waals surface area contributed by atoms with Crippen molar-refractivity contribution in [2.24, 2.45) is 0 Å². The van der Waals surface area contributed by atoms with E-state index >= 15 is 0 Å². The molecule has 7 nitrogen and oxygen atoms in total. The number of likely N-dealkylation sites (tertiary alicyclic amines) is 1. The molecule has 0 aromatic heterocycles. The van der Waals surface area contributed by atoms with Crippen LogP contribution in [-0.2, 0) is 26.0 Å². The average molecular weight is 448 g/mol. The lowest BCUT2D eigenvalue weighted by atomic mass is 10.1. The van der Waals surface area contributed by atoms with Gasteiger partial charge in [0.2, 0.25) is 21.8 Å². The number of sulfonamides is 1. The molecule has 1 N–H and O–H groups in total. The number of piperidine rings is 1. The van der Waals surface area contributed by atoms with Gasteiger partial charge >= 0.3 is 0 Å². The summed E-state index contributed by atoms with van der Waals surface area (Å²) in [7, 11) is -3.47. The van der Waals surface area contributed by atoms with E-state index in [0.717, 1.165) is 24.8 Å². The predicted molar refractivity (Wildman–Crippen MR) is 121 cm³/mol. The maximum atomic E-state index is 13.3. The van der Waals surface area contributed by atoms with Crippen molar-refractivity contribution in [2.45, 2.75) is 56.2 Å². The van der Waals surface area contributed by atoms with E-state index in [0.29, 0.717) is 51.9 Å². The topological polar surface area (TPSA) is 86.8 Å². The minimum atomic E-state index is -3.47. The molecule has 2 amide bonds. The molecule has 1 unspecified atom stereocenters. The first kappa shape index (κ1) is 23.5. The molecule has 0 spiro atoms. The first-order valence-electron chi connectivity index (χ1n) is 11.1. The largest absolute Gasteiger partial charge is 0.349 e. The van der Waals surface area contributed by atoms with E-state index in [4.69, 9.17) is 0 Å². The van der Waals surface area contributed by atoms with E-state index in [1.807, 2.05) is 30.3 Å². The number of aryl methyl sites for hydroxylation is 1. The maximum absolute atomic E-state index is 13.3. The molecule has 0 aliphatic carbocycles. The van der Waals surface area contributed by atoms with Crippen molar-refractivity contribution in [1.29, 1.82) is 0 Å². The zero-order valence-corrected chi connectivity index (χ0v) is 18.9. The highest BCUT2D eigenvalue weighted by Gasteiger charge is 2.37. The van der Waals surface area contributed by atoms with Crippen molar-refractivity contribution in [3.05, 3.63) is 48.6 Å². The monoisotopic (exact) mass is 447 g/mol. The van der Waals surface area contributed by atoms with Gasteiger partial charge in [-0.05, 0) is 43.7 Å². The van der Waals surface area contributed by atoms with Gasteiger partial charge in [-0.1, -0.05) is 43.3 Å². The molecule has 170 valence electrons. The zero-order chi connectivity index (χ0) is 22.3. The Morgan fingerprint density at radius 1 is 1.06 bits per heavy atom. The third-order valence-electron chi connectivity index (χ3n) is 6.21. The second kappa shape index (κ2) is 10.9. The molecule has 2 heterocycles. The Morgan fingerprint density at radius 2 is 1.77 bits per heavy atom. The van der Waals surface area contributed by atoms with Gasteiger partial charge in [0.25, 0.3) is 0 Å². The molecule has 2 fully saturated rings. The predicted octanol–water partition coefficient (Wildman–Crippen LogP) is 2.10. The summed E-state index contributed by atoms with van der Waals surface area (Å²) >= 11 is 0. The lowest BCUT2D eigenvalue weighted by molar-refractivity contribution is -0.132. The number of nitrogens with one attached hydrogen (secondary N) is 1. The minimum absolute atomic E-state index is 0.0849. The number of carbonyl (C=O) groups excluding carboxylic acids is 2. The third-order valence-corrected chi connectivity index (χ3v) is 8.58. The molecular formula is C23H33N3O4S. The van der Waals surface area contributed by atoms with Crippen LogP contribution in [0.15, 0.2) is 43.0 Å². The summed E-state index contributed by atoms with van der Waals surface area (Å²) in [5.41, 5.74) is 1.13. The molecule has 1 aromatic rings. The van der Waals surface area contributed by atoms with E-state index in [1.165, 1.54) is 6.08 Å². The molecule has 0 radical (unpaired) electrons. The van der Waals surface area contributed by atoms with Gasteiger partial charge in [0.1, 0.15) is 0 Å². The normalized spacial score (nSPS) is 21.3. The summed E-state index contributed by atoms with van der Waals surface area (Å²) in [6.45, 7) is 5.20. The molecule has 2 saturated heterocycles. The lowest BCUT2D eigenvalue weighted by Gasteiger charge is -2.35. The summed E-state index contributed by atoms with van der Waals surface area (Å²) in [6, 6.07) is 9.72. The van der Waals surface area contributed by atoms with Crippen LogP contribution in [-0.4, -0.2) is 66.9 Å². The van der Waals surface area contributed by atoms with Crippen molar-refractivity contribution in [3.63, 3.8) is 0 Å². The maximum Gasteiger partial charge on any atom is 0.243 e. The van der Waals surface area contributed by atoms with Crippen molar-refractivity contribution < 1.29 is 18.0 Å². The highest BCUT2D eigenvalue weighted by Crippen LogP contribution is 2.24. The van der Waals surface area contributed by atoms with Crippen LogP contribution in [0, 0.1) is 0 Å². The Bertz CT molecular complexity index is 864. The van der Waals surface area contributed by atoms with E-state index in [2.05, 4.69) is 11.9 Å². The number of hydrogen-bond donors (Lipinski definition) is 1. The number of amides is 2. The van der Waals surface area contributed by atoms with Crippen LogP contribution in [0.3, 0.4) is 0 Å². The Balaban J connectivity index is 1.53. The van der Waals surface area contributed by atoms with Crippen LogP contribution in [0.5, 0.6) is 0 Å². The van der Waals surface area contributed by atoms with Crippen LogP contribution in [0.25, 0.3) is 0 Å². The number of hydrogen-bond acceptors (Lipinski definition) is 4. The number of benzene rings is 1. The van der Waals surface area contributed by atoms with E-state index in [-0.39, 0.29) is 17.9 Å². The Labute approximate surface area is 185 Å². The number of carbonyl (C=O) groups is 2. The molecule has 2 aliphatic heterocycles. The second-order valence-corrected chi connectivity index (χ2v) is 10.6. The van der Waals surface area contributed by atoms with Crippen molar-refractivity contribution in [3.8, 4) is 0 Å². The molecule has 3 rings (SSSR count). The van der Waals surface area contributed by atoms with Gasteiger partial charge in [-0.3, -0.25) is 9.59 Å². The molecule has 1 aromatic carbocycles. The minimum Gasteiger partial charge on any atom is -0.349 e. The fraction of sp³-hybridized carbons (Fsp3) is 0.565. The van der Waals surface area contributed by atoms with Gasteiger partial charge in [0.05, 0.1) is 5.25 Å². The van der Waals surface area contributed by atoms with Crippen molar-refractivity contribution in [2.75, 3.05) is 26.2 Å². The van der Waals surface area contributed by atoms with Crippen molar-refractivity contribution in [1.82, 2.24) is 14.5 Å². The van der Waals surface area contributed by atoms with Gasteiger partial charge in [0.15, 0.2) is 0 Å². The van der Waals surface area contributed by atoms with Gasteiger partial charge < -0.3 is 10.2 Å². The summed E-state index contributed by atoms with van der Waals surface area (Å²) in [4.78, 5) is 26.0. The second-order valence-electron chi connectivity index (χ2n) is 8.37. The van der Waals surface area contributed by atoms with Crippen LogP contribution in [0.2, 0.25) is 0 Å². The number of rotatable bonds is 7. The molecule has 1 atom stereocenters. The summed E-state index contributed by atoms with van der Waals surface area (Å²) in [5, 5.41) is 2.37. The highest BCUT2D eigenvalue weighted by atomic mass is 32.2. The van der Waals surface area contributed by atoms with Crippen LogP contribution < -0.4 is 5.32 Å². The Morgan fingerprint density at radius 3 is 2.45 bits per heavy atom. The third kappa shape index (κ3) is 6.40. The van der Waals surface area contributed by atoms with Crippen molar-refractivity contribution >= 4 is 21.8 Å². The average Bonchev–Trinajstić information content (AvgIpc) is 3.04.